The number of nitrogens with one attached hydrogen (secondary N) is 1. The number of rotatable bonds is 3. The maximum atomic E-state index is 11.8. The van der Waals surface area contributed by atoms with Gasteiger partial charge in [-0.2, -0.15) is 0 Å². The van der Waals surface area contributed by atoms with Crippen molar-refractivity contribution in [1.82, 2.24) is 10.2 Å². The van der Waals surface area contributed by atoms with Crippen LogP contribution in [0.3, 0.4) is 0 Å². The molecule has 1 amide bonds. The fourth-order valence-electron chi connectivity index (χ4n) is 2.02. The second kappa shape index (κ2) is 4.49. The fourth-order valence-corrected chi connectivity index (χ4v) is 2.02. The molecule has 15 heavy (non-hydrogen) atoms. The van der Waals surface area contributed by atoms with E-state index in [2.05, 4.69) is 10.2 Å². The number of nitrogens with zero attached hydrogens (tertiary/aromatic N) is 1. The van der Waals surface area contributed by atoms with Crippen molar-refractivity contribution in [2.75, 3.05) is 13.1 Å². The van der Waals surface area contributed by atoms with Gasteiger partial charge in [0.2, 0.25) is 5.91 Å². The van der Waals surface area contributed by atoms with Gasteiger partial charge in [0.05, 0.1) is 6.04 Å². The first-order valence-electron chi connectivity index (χ1n) is 5.97. The van der Waals surface area contributed by atoms with Crippen LogP contribution in [-0.2, 0) is 4.79 Å². The molecule has 0 aromatic rings. The lowest BCUT2D eigenvalue weighted by Crippen LogP contribution is -2.50. The Hall–Kier alpha value is -0.610. The van der Waals surface area contributed by atoms with Crippen LogP contribution in [0.2, 0.25) is 0 Å². The van der Waals surface area contributed by atoms with Gasteiger partial charge in [-0.1, -0.05) is 0 Å². The van der Waals surface area contributed by atoms with Crippen LogP contribution < -0.4 is 11.1 Å². The molecule has 4 nitrogen and oxygen atoms in total. The number of hydrogen-bond acceptors (Lipinski definition) is 3. The van der Waals surface area contributed by atoms with E-state index in [-0.39, 0.29) is 11.9 Å². The van der Waals surface area contributed by atoms with Crippen LogP contribution in [-0.4, -0.2) is 42.0 Å². The SMILES string of the molecule is CC(C(=O)NC1CC1)N1CCC(N)CC1. The van der Waals surface area contributed by atoms with Crippen molar-refractivity contribution < 1.29 is 4.79 Å². The van der Waals surface area contributed by atoms with Gasteiger partial charge in [0, 0.05) is 25.2 Å². The molecule has 0 radical (unpaired) electrons. The predicted octanol–water partition coefficient (Wildman–Crippen LogP) is 0.0766. The number of carbonyl (C=O) groups is 1. The van der Waals surface area contributed by atoms with Crippen LogP contribution in [0.4, 0.5) is 0 Å². The average Bonchev–Trinajstić information content (AvgIpc) is 3.02. The van der Waals surface area contributed by atoms with Gasteiger partial charge in [0.1, 0.15) is 0 Å². The summed E-state index contributed by atoms with van der Waals surface area (Å²) in [5.74, 6) is 0.188. The molecule has 0 spiro atoms. The molecule has 2 fully saturated rings. The minimum absolute atomic E-state index is 0.0121. The van der Waals surface area contributed by atoms with Crippen LogP contribution in [0, 0.1) is 0 Å². The van der Waals surface area contributed by atoms with E-state index < -0.39 is 0 Å². The third-order valence-corrected chi connectivity index (χ3v) is 3.43. The highest BCUT2D eigenvalue weighted by molar-refractivity contribution is 5.81. The van der Waals surface area contributed by atoms with Gasteiger partial charge in [0.25, 0.3) is 0 Å². The molecule has 1 saturated heterocycles. The van der Waals surface area contributed by atoms with Gasteiger partial charge >= 0.3 is 0 Å². The summed E-state index contributed by atoms with van der Waals surface area (Å²) < 4.78 is 0. The number of amides is 1. The van der Waals surface area contributed by atoms with Crippen LogP contribution in [0.5, 0.6) is 0 Å². The van der Waals surface area contributed by atoms with E-state index in [1.807, 2.05) is 6.92 Å². The van der Waals surface area contributed by atoms with Crippen LogP contribution in [0.1, 0.15) is 32.6 Å². The van der Waals surface area contributed by atoms with E-state index in [0.29, 0.717) is 12.1 Å². The summed E-state index contributed by atoms with van der Waals surface area (Å²) in [6.07, 6.45) is 4.34. The summed E-state index contributed by atoms with van der Waals surface area (Å²) in [7, 11) is 0. The zero-order valence-electron chi connectivity index (χ0n) is 9.41. The van der Waals surface area contributed by atoms with Crippen molar-refractivity contribution in [1.29, 1.82) is 0 Å². The minimum atomic E-state index is 0.0121. The molecule has 1 aliphatic heterocycles. The molecule has 3 N–H and O–H groups in total. The first kappa shape index (κ1) is 10.9. The molecule has 0 aromatic carbocycles. The highest BCUT2D eigenvalue weighted by Crippen LogP contribution is 2.19. The van der Waals surface area contributed by atoms with Crippen LogP contribution >= 0.6 is 0 Å². The molecule has 0 bridgehead atoms. The smallest absolute Gasteiger partial charge is 0.237 e. The summed E-state index contributed by atoms with van der Waals surface area (Å²) >= 11 is 0. The first-order valence-corrected chi connectivity index (χ1v) is 5.97. The largest absolute Gasteiger partial charge is 0.352 e. The Morgan fingerprint density at radius 1 is 1.33 bits per heavy atom. The Bertz CT molecular complexity index is 232. The maximum absolute atomic E-state index is 11.8. The van der Waals surface area contributed by atoms with Crippen molar-refractivity contribution in [3.8, 4) is 0 Å². The van der Waals surface area contributed by atoms with E-state index in [9.17, 15) is 4.79 Å². The van der Waals surface area contributed by atoms with E-state index in [0.717, 1.165) is 38.8 Å². The summed E-state index contributed by atoms with van der Waals surface area (Å²) in [5, 5.41) is 3.05. The minimum Gasteiger partial charge on any atom is -0.352 e. The molecule has 86 valence electrons. The average molecular weight is 211 g/mol. The van der Waals surface area contributed by atoms with Crippen molar-refractivity contribution in [3.05, 3.63) is 0 Å². The molecular weight excluding hydrogens is 190 g/mol. The Labute approximate surface area is 91.2 Å². The Kier molecular flexibility index (Phi) is 3.26. The van der Waals surface area contributed by atoms with Gasteiger partial charge in [-0.3, -0.25) is 9.69 Å². The van der Waals surface area contributed by atoms with Crippen molar-refractivity contribution in [2.45, 2.75) is 50.7 Å². The van der Waals surface area contributed by atoms with Crippen LogP contribution in [0.15, 0.2) is 0 Å². The van der Waals surface area contributed by atoms with E-state index >= 15 is 0 Å². The standard InChI is InChI=1S/C11H21N3O/c1-8(11(15)13-10-2-3-10)14-6-4-9(12)5-7-14/h8-10H,2-7,12H2,1H3,(H,13,15). The summed E-state index contributed by atoms with van der Waals surface area (Å²) in [6.45, 7) is 3.91. The molecule has 1 unspecified atom stereocenters. The lowest BCUT2D eigenvalue weighted by Gasteiger charge is -2.33. The summed E-state index contributed by atoms with van der Waals surface area (Å²) in [6, 6.07) is 0.810. The van der Waals surface area contributed by atoms with E-state index in [4.69, 9.17) is 5.73 Å². The fraction of sp³-hybridized carbons (Fsp3) is 0.909. The topological polar surface area (TPSA) is 58.4 Å². The molecule has 4 heteroatoms. The van der Waals surface area contributed by atoms with Crippen LogP contribution in [0.25, 0.3) is 0 Å². The first-order chi connectivity index (χ1) is 7.16. The quantitative estimate of drug-likeness (QED) is 0.695. The van der Waals surface area contributed by atoms with E-state index in [1.165, 1.54) is 0 Å². The number of carbonyl (C=O) groups excluding carboxylic acids is 1. The molecule has 1 aliphatic carbocycles. The lowest BCUT2D eigenvalue weighted by molar-refractivity contribution is -0.126. The second-order valence-corrected chi connectivity index (χ2v) is 4.83. The number of piperidine rings is 1. The summed E-state index contributed by atoms with van der Waals surface area (Å²) in [4.78, 5) is 14.0. The predicted molar refractivity (Wildman–Crippen MR) is 59.4 cm³/mol. The molecule has 1 saturated carbocycles. The van der Waals surface area contributed by atoms with E-state index in [1.54, 1.807) is 0 Å². The highest BCUT2D eigenvalue weighted by Gasteiger charge is 2.29. The lowest BCUT2D eigenvalue weighted by atomic mass is 10.0. The number of nitrogens with two attached hydrogens (primary N) is 1. The number of hydrogen-bond donors (Lipinski definition) is 2. The summed E-state index contributed by atoms with van der Waals surface area (Å²) in [5.41, 5.74) is 5.84. The molecule has 1 atom stereocenters. The van der Waals surface area contributed by atoms with Crippen molar-refractivity contribution in [3.63, 3.8) is 0 Å². The van der Waals surface area contributed by atoms with Gasteiger partial charge in [0.15, 0.2) is 0 Å². The highest BCUT2D eigenvalue weighted by atomic mass is 16.2. The normalized spacial score (nSPS) is 26.3. The molecule has 2 aliphatic rings. The molecular formula is C11H21N3O. The zero-order valence-corrected chi connectivity index (χ0v) is 9.41. The van der Waals surface area contributed by atoms with Gasteiger partial charge in [-0.15, -0.1) is 0 Å². The third kappa shape index (κ3) is 2.92. The molecule has 0 aromatic heterocycles. The van der Waals surface area contributed by atoms with Gasteiger partial charge in [-0.05, 0) is 32.6 Å². The van der Waals surface area contributed by atoms with Gasteiger partial charge in [-0.25, -0.2) is 0 Å². The van der Waals surface area contributed by atoms with Gasteiger partial charge < -0.3 is 11.1 Å². The maximum Gasteiger partial charge on any atom is 0.237 e. The zero-order chi connectivity index (χ0) is 10.8. The van der Waals surface area contributed by atoms with Crippen molar-refractivity contribution >= 4 is 5.91 Å². The molecule has 2 rings (SSSR count). The Morgan fingerprint density at radius 3 is 2.47 bits per heavy atom. The third-order valence-electron chi connectivity index (χ3n) is 3.43. The Morgan fingerprint density at radius 2 is 1.93 bits per heavy atom. The number of likely N-dealkylation sites (tertiary alicyclic amines) is 1. The molecule has 1 heterocycles. The van der Waals surface area contributed by atoms with Crippen molar-refractivity contribution in [2.24, 2.45) is 5.73 Å². The monoisotopic (exact) mass is 211 g/mol. The Balaban J connectivity index is 1.78. The second-order valence-electron chi connectivity index (χ2n) is 4.83.